The number of nitrogens with one attached hydrogen (secondary N) is 1. The fraction of sp³-hybridized carbons (Fsp3) is 0.269. The van der Waals surface area contributed by atoms with Gasteiger partial charge in [0, 0.05) is 22.6 Å². The average molecular weight is 413 g/mol. The maximum atomic E-state index is 13.7. The van der Waals surface area contributed by atoms with Gasteiger partial charge in [-0.25, -0.2) is 4.79 Å². The SMILES string of the molecule is O=C(OC1(C(=O)NC2CCCCC2)C(=O)c2cccc3cccc1c23)c1ccccc1. The lowest BCUT2D eigenvalue weighted by Gasteiger charge is -2.31. The summed E-state index contributed by atoms with van der Waals surface area (Å²) in [5, 5.41) is 4.54. The second-order valence-electron chi connectivity index (χ2n) is 8.28. The highest BCUT2D eigenvalue weighted by Crippen LogP contribution is 2.44. The van der Waals surface area contributed by atoms with Crippen LogP contribution < -0.4 is 5.32 Å². The second-order valence-corrected chi connectivity index (χ2v) is 8.28. The zero-order valence-electron chi connectivity index (χ0n) is 17.1. The maximum absolute atomic E-state index is 13.7. The summed E-state index contributed by atoms with van der Waals surface area (Å²) in [5.74, 6) is -1.74. The molecule has 2 aliphatic rings. The highest BCUT2D eigenvalue weighted by atomic mass is 16.6. The summed E-state index contributed by atoms with van der Waals surface area (Å²) < 4.78 is 5.87. The summed E-state index contributed by atoms with van der Waals surface area (Å²) in [5.41, 5.74) is -0.882. The van der Waals surface area contributed by atoms with Gasteiger partial charge >= 0.3 is 5.97 Å². The zero-order chi connectivity index (χ0) is 21.4. The van der Waals surface area contributed by atoms with Gasteiger partial charge in [-0.2, -0.15) is 0 Å². The number of amides is 1. The average Bonchev–Trinajstić information content (AvgIpc) is 3.06. The van der Waals surface area contributed by atoms with E-state index in [1.165, 1.54) is 0 Å². The van der Waals surface area contributed by atoms with E-state index in [1.807, 2.05) is 12.1 Å². The number of esters is 1. The Hall–Kier alpha value is -3.47. The summed E-state index contributed by atoms with van der Waals surface area (Å²) in [4.78, 5) is 40.5. The van der Waals surface area contributed by atoms with Gasteiger partial charge in [0.2, 0.25) is 5.78 Å². The van der Waals surface area contributed by atoms with Crippen LogP contribution in [0.1, 0.15) is 58.4 Å². The van der Waals surface area contributed by atoms with Gasteiger partial charge in [0.1, 0.15) is 0 Å². The molecule has 1 N–H and O–H groups in total. The number of carbonyl (C=O) groups is 3. The topological polar surface area (TPSA) is 72.5 Å². The molecule has 0 bridgehead atoms. The summed E-state index contributed by atoms with van der Waals surface area (Å²) in [6.07, 6.45) is 4.93. The third kappa shape index (κ3) is 3.12. The van der Waals surface area contributed by atoms with Crippen LogP contribution in [0.4, 0.5) is 0 Å². The molecule has 1 saturated carbocycles. The molecule has 2 aliphatic carbocycles. The van der Waals surface area contributed by atoms with E-state index in [1.54, 1.807) is 54.6 Å². The quantitative estimate of drug-likeness (QED) is 0.504. The Balaban J connectivity index is 1.62. The summed E-state index contributed by atoms with van der Waals surface area (Å²) in [7, 11) is 0. The molecule has 3 aromatic rings. The van der Waals surface area contributed by atoms with Crippen molar-refractivity contribution >= 4 is 28.4 Å². The fourth-order valence-electron chi connectivity index (χ4n) is 4.81. The van der Waals surface area contributed by atoms with Gasteiger partial charge in [0.15, 0.2) is 0 Å². The van der Waals surface area contributed by atoms with E-state index >= 15 is 0 Å². The molecule has 0 aromatic heterocycles. The second kappa shape index (κ2) is 7.65. The first kappa shape index (κ1) is 19.5. The Labute approximate surface area is 180 Å². The molecule has 1 fully saturated rings. The molecule has 1 atom stereocenters. The van der Waals surface area contributed by atoms with Gasteiger partial charge < -0.3 is 10.1 Å². The first-order chi connectivity index (χ1) is 15.1. The van der Waals surface area contributed by atoms with Gasteiger partial charge in [-0.3, -0.25) is 9.59 Å². The zero-order valence-corrected chi connectivity index (χ0v) is 17.1. The molecule has 0 heterocycles. The Kier molecular flexibility index (Phi) is 4.81. The summed E-state index contributed by atoms with van der Waals surface area (Å²) in [6.45, 7) is 0. The molecule has 156 valence electrons. The highest BCUT2D eigenvalue weighted by molar-refractivity contribution is 6.29. The molecular weight excluding hydrogens is 390 g/mol. The third-order valence-electron chi connectivity index (χ3n) is 6.36. The van der Waals surface area contributed by atoms with E-state index < -0.39 is 23.3 Å². The molecule has 0 spiro atoms. The number of rotatable bonds is 4. The molecular formula is C26H23NO4. The number of Topliss-reactive ketones (excluding diaryl/α,β-unsaturated/α-hetero) is 1. The van der Waals surface area contributed by atoms with E-state index in [-0.39, 0.29) is 6.04 Å². The minimum absolute atomic E-state index is 0.0238. The Morgan fingerprint density at radius 1 is 0.871 bits per heavy atom. The van der Waals surface area contributed by atoms with Crippen LogP contribution in [0.2, 0.25) is 0 Å². The highest BCUT2D eigenvalue weighted by Gasteiger charge is 2.57. The minimum Gasteiger partial charge on any atom is -0.432 e. The first-order valence-corrected chi connectivity index (χ1v) is 10.8. The normalized spacial score (nSPS) is 20.6. The van der Waals surface area contributed by atoms with Gasteiger partial charge in [0.05, 0.1) is 5.56 Å². The van der Waals surface area contributed by atoms with Gasteiger partial charge in [-0.1, -0.05) is 73.9 Å². The summed E-state index contributed by atoms with van der Waals surface area (Å²) >= 11 is 0. The standard InChI is InChI=1S/C26H23NO4/c28-23-20-15-7-11-17-12-8-16-21(22(17)20)26(23,25(30)27-19-13-5-2-6-14-19)31-24(29)18-9-3-1-4-10-18/h1,3-4,7-12,15-16,19H,2,5-6,13-14H2,(H,27,30). The summed E-state index contributed by atoms with van der Waals surface area (Å²) in [6, 6.07) is 19.2. The van der Waals surface area contributed by atoms with Crippen LogP contribution in [-0.4, -0.2) is 23.7 Å². The molecule has 1 amide bonds. The van der Waals surface area contributed by atoms with E-state index in [9.17, 15) is 14.4 Å². The van der Waals surface area contributed by atoms with E-state index in [2.05, 4.69) is 5.32 Å². The van der Waals surface area contributed by atoms with Crippen LogP contribution in [0, 0.1) is 0 Å². The molecule has 31 heavy (non-hydrogen) atoms. The number of hydrogen-bond donors (Lipinski definition) is 1. The lowest BCUT2D eigenvalue weighted by molar-refractivity contribution is -0.137. The number of ether oxygens (including phenoxy) is 1. The minimum atomic E-state index is -2.02. The molecule has 5 nitrogen and oxygen atoms in total. The van der Waals surface area contributed by atoms with Crippen molar-refractivity contribution in [1.29, 1.82) is 0 Å². The molecule has 0 saturated heterocycles. The Morgan fingerprint density at radius 2 is 1.58 bits per heavy atom. The number of benzene rings is 3. The first-order valence-electron chi connectivity index (χ1n) is 10.8. The van der Waals surface area contributed by atoms with Crippen molar-refractivity contribution in [1.82, 2.24) is 5.32 Å². The monoisotopic (exact) mass is 413 g/mol. The van der Waals surface area contributed by atoms with Crippen LogP contribution in [-0.2, 0) is 15.1 Å². The number of carbonyl (C=O) groups excluding carboxylic acids is 3. The predicted molar refractivity (Wildman–Crippen MR) is 117 cm³/mol. The molecule has 5 heteroatoms. The van der Waals surface area contributed by atoms with Crippen LogP contribution >= 0.6 is 0 Å². The van der Waals surface area contributed by atoms with Gasteiger partial charge in [0.25, 0.3) is 11.5 Å². The lowest BCUT2D eigenvalue weighted by Crippen LogP contribution is -2.54. The largest absolute Gasteiger partial charge is 0.432 e. The Morgan fingerprint density at radius 3 is 2.32 bits per heavy atom. The van der Waals surface area contributed by atoms with Crippen molar-refractivity contribution in [2.45, 2.75) is 43.7 Å². The van der Waals surface area contributed by atoms with Crippen molar-refractivity contribution in [3.05, 3.63) is 83.4 Å². The third-order valence-corrected chi connectivity index (χ3v) is 6.36. The van der Waals surface area contributed by atoms with Gasteiger partial charge in [-0.15, -0.1) is 0 Å². The van der Waals surface area contributed by atoms with E-state index in [0.29, 0.717) is 22.1 Å². The van der Waals surface area contributed by atoms with Gasteiger partial charge in [-0.05, 0) is 30.4 Å². The van der Waals surface area contributed by atoms with Crippen molar-refractivity contribution in [2.24, 2.45) is 0 Å². The van der Waals surface area contributed by atoms with Crippen LogP contribution in [0.5, 0.6) is 0 Å². The molecule has 0 aliphatic heterocycles. The van der Waals surface area contributed by atoms with E-state index in [0.717, 1.165) is 37.5 Å². The van der Waals surface area contributed by atoms with Crippen molar-refractivity contribution in [3.63, 3.8) is 0 Å². The predicted octanol–water partition coefficient (Wildman–Crippen LogP) is 4.54. The molecule has 3 aromatic carbocycles. The molecule has 5 rings (SSSR count). The van der Waals surface area contributed by atoms with Crippen LogP contribution in [0.25, 0.3) is 10.8 Å². The van der Waals surface area contributed by atoms with Crippen LogP contribution in [0.3, 0.4) is 0 Å². The smallest absolute Gasteiger partial charge is 0.340 e. The molecule has 1 unspecified atom stereocenters. The van der Waals surface area contributed by atoms with E-state index in [4.69, 9.17) is 4.74 Å². The fourth-order valence-corrected chi connectivity index (χ4v) is 4.81. The number of ketones is 1. The van der Waals surface area contributed by atoms with Crippen molar-refractivity contribution in [2.75, 3.05) is 0 Å². The molecule has 0 radical (unpaired) electrons. The maximum Gasteiger partial charge on any atom is 0.340 e. The number of hydrogen-bond acceptors (Lipinski definition) is 4. The lowest BCUT2D eigenvalue weighted by atomic mass is 9.89. The Bertz CT molecular complexity index is 1180. The van der Waals surface area contributed by atoms with Crippen LogP contribution in [0.15, 0.2) is 66.7 Å². The van der Waals surface area contributed by atoms with Crippen molar-refractivity contribution in [3.8, 4) is 0 Å². The van der Waals surface area contributed by atoms with Crippen molar-refractivity contribution < 1.29 is 19.1 Å².